The van der Waals surface area contributed by atoms with Crippen LogP contribution < -0.4 is 11.1 Å². The van der Waals surface area contributed by atoms with Crippen molar-refractivity contribution in [2.75, 3.05) is 11.1 Å². The molecule has 0 fully saturated rings. The van der Waals surface area contributed by atoms with Crippen LogP contribution in [-0.4, -0.2) is 4.98 Å². The van der Waals surface area contributed by atoms with Gasteiger partial charge in [0.25, 0.3) is 0 Å². The summed E-state index contributed by atoms with van der Waals surface area (Å²) in [4.78, 5) is 4.12. The summed E-state index contributed by atoms with van der Waals surface area (Å²) in [5.74, 6) is 0. The van der Waals surface area contributed by atoms with Crippen LogP contribution in [0.15, 0.2) is 54.9 Å². The number of rotatable bonds is 3. The molecule has 3 N–H and O–H groups in total. The molecule has 100 valence electrons. The maximum absolute atomic E-state index is 5.99. The molecular formula is C16H14ClN3. The van der Waals surface area contributed by atoms with Gasteiger partial charge < -0.3 is 11.1 Å². The van der Waals surface area contributed by atoms with E-state index < -0.39 is 0 Å². The monoisotopic (exact) mass is 283 g/mol. The smallest absolute Gasteiger partial charge is 0.0425 e. The van der Waals surface area contributed by atoms with Crippen molar-refractivity contribution in [1.82, 2.24) is 4.98 Å². The van der Waals surface area contributed by atoms with Gasteiger partial charge in [-0.3, -0.25) is 4.98 Å². The number of hydrogen-bond donors (Lipinski definition) is 2. The molecule has 0 spiro atoms. The van der Waals surface area contributed by atoms with E-state index >= 15 is 0 Å². The quantitative estimate of drug-likeness (QED) is 0.712. The Hall–Kier alpha value is -2.26. The second-order valence-electron chi connectivity index (χ2n) is 4.61. The van der Waals surface area contributed by atoms with Crippen molar-refractivity contribution < 1.29 is 0 Å². The maximum Gasteiger partial charge on any atom is 0.0425 e. The highest BCUT2D eigenvalue weighted by Crippen LogP contribution is 2.27. The number of nitrogens with one attached hydrogen (secondary N) is 1. The van der Waals surface area contributed by atoms with Crippen molar-refractivity contribution >= 4 is 33.7 Å². The Morgan fingerprint density at radius 3 is 2.85 bits per heavy atom. The van der Waals surface area contributed by atoms with Gasteiger partial charge in [0.2, 0.25) is 0 Å². The molecule has 0 radical (unpaired) electrons. The van der Waals surface area contributed by atoms with E-state index in [9.17, 15) is 0 Å². The minimum atomic E-state index is 0.710. The molecule has 3 nitrogen and oxygen atoms in total. The van der Waals surface area contributed by atoms with Crippen LogP contribution in [0.3, 0.4) is 0 Å². The number of hydrogen-bond acceptors (Lipinski definition) is 3. The predicted octanol–water partition coefficient (Wildman–Crippen LogP) is 4.08. The first kappa shape index (κ1) is 12.8. The molecule has 0 aliphatic heterocycles. The maximum atomic E-state index is 5.99. The number of aromatic nitrogens is 1. The van der Waals surface area contributed by atoms with Gasteiger partial charge in [-0.25, -0.2) is 0 Å². The molecule has 0 atom stereocenters. The lowest BCUT2D eigenvalue weighted by Crippen LogP contribution is -2.01. The van der Waals surface area contributed by atoms with Crippen LogP contribution in [0.5, 0.6) is 0 Å². The van der Waals surface area contributed by atoms with E-state index in [2.05, 4.69) is 10.3 Å². The van der Waals surface area contributed by atoms with Crippen molar-refractivity contribution in [1.29, 1.82) is 0 Å². The summed E-state index contributed by atoms with van der Waals surface area (Å²) >= 11 is 5.99. The molecule has 2 aromatic carbocycles. The number of nitrogen functional groups attached to an aromatic ring is 1. The molecule has 3 aromatic rings. The highest BCUT2D eigenvalue weighted by Gasteiger charge is 2.04. The minimum absolute atomic E-state index is 0.710. The van der Waals surface area contributed by atoms with Gasteiger partial charge in [0.1, 0.15) is 0 Å². The van der Waals surface area contributed by atoms with Gasteiger partial charge in [0, 0.05) is 46.1 Å². The molecular weight excluding hydrogens is 270 g/mol. The zero-order valence-corrected chi connectivity index (χ0v) is 11.6. The van der Waals surface area contributed by atoms with Crippen LogP contribution in [0, 0.1) is 0 Å². The minimum Gasteiger partial charge on any atom is -0.398 e. The third kappa shape index (κ3) is 2.53. The van der Waals surface area contributed by atoms with Crippen molar-refractivity contribution in [3.8, 4) is 0 Å². The molecule has 0 saturated heterocycles. The third-order valence-corrected chi connectivity index (χ3v) is 3.46. The second kappa shape index (κ2) is 5.39. The molecule has 0 saturated carbocycles. The van der Waals surface area contributed by atoms with Crippen molar-refractivity contribution in [2.45, 2.75) is 6.54 Å². The molecule has 20 heavy (non-hydrogen) atoms. The molecule has 3 rings (SSSR count). The van der Waals surface area contributed by atoms with E-state index in [1.165, 1.54) is 0 Å². The molecule has 1 aromatic heterocycles. The summed E-state index contributed by atoms with van der Waals surface area (Å²) in [5, 5.41) is 6.20. The van der Waals surface area contributed by atoms with Crippen molar-refractivity contribution in [3.05, 3.63) is 65.4 Å². The fourth-order valence-electron chi connectivity index (χ4n) is 2.21. The summed E-state index contributed by atoms with van der Waals surface area (Å²) in [6.07, 6.45) is 3.56. The molecule has 4 heteroatoms. The van der Waals surface area contributed by atoms with Gasteiger partial charge >= 0.3 is 0 Å². The predicted molar refractivity (Wildman–Crippen MR) is 84.9 cm³/mol. The Morgan fingerprint density at radius 2 is 2.00 bits per heavy atom. The SMILES string of the molecule is Nc1ccc(NCc2cccc(Cl)c2)c2ccncc12. The second-order valence-corrected chi connectivity index (χ2v) is 5.04. The highest BCUT2D eigenvalue weighted by atomic mass is 35.5. The topological polar surface area (TPSA) is 50.9 Å². The fourth-order valence-corrected chi connectivity index (χ4v) is 2.42. The zero-order chi connectivity index (χ0) is 13.9. The molecule has 0 unspecified atom stereocenters. The molecule has 0 aliphatic rings. The average Bonchev–Trinajstić information content (AvgIpc) is 2.47. The summed E-state index contributed by atoms with van der Waals surface area (Å²) in [6, 6.07) is 13.7. The fraction of sp³-hybridized carbons (Fsp3) is 0.0625. The standard InChI is InChI=1S/C16H14ClN3/c17-12-3-1-2-11(8-12)9-20-16-5-4-15(18)14-10-19-7-6-13(14)16/h1-8,10,20H,9,18H2. The lowest BCUT2D eigenvalue weighted by atomic mass is 10.1. The van der Waals surface area contributed by atoms with E-state index in [-0.39, 0.29) is 0 Å². The Labute approximate surface area is 122 Å². The first-order valence-corrected chi connectivity index (χ1v) is 6.72. The highest BCUT2D eigenvalue weighted by molar-refractivity contribution is 6.30. The number of nitrogens with zero attached hydrogens (tertiary/aromatic N) is 1. The van der Waals surface area contributed by atoms with Crippen molar-refractivity contribution in [2.24, 2.45) is 0 Å². The van der Waals surface area contributed by atoms with Gasteiger partial charge in [-0.15, -0.1) is 0 Å². The normalized spacial score (nSPS) is 10.7. The Morgan fingerprint density at radius 1 is 1.10 bits per heavy atom. The first-order valence-electron chi connectivity index (χ1n) is 6.34. The largest absolute Gasteiger partial charge is 0.398 e. The van der Waals surface area contributed by atoms with Gasteiger partial charge in [0.05, 0.1) is 0 Å². The Kier molecular flexibility index (Phi) is 3.44. The number of halogens is 1. The van der Waals surface area contributed by atoms with Crippen LogP contribution in [0.25, 0.3) is 10.8 Å². The summed E-state index contributed by atoms with van der Waals surface area (Å²) in [7, 11) is 0. The van der Waals surface area contributed by atoms with Crippen molar-refractivity contribution in [3.63, 3.8) is 0 Å². The van der Waals surface area contributed by atoms with E-state index in [0.29, 0.717) is 6.54 Å². The number of pyridine rings is 1. The van der Waals surface area contributed by atoms with Crippen LogP contribution in [-0.2, 0) is 6.54 Å². The lowest BCUT2D eigenvalue weighted by Gasteiger charge is -2.11. The Bertz CT molecular complexity index is 756. The van der Waals surface area contributed by atoms with Gasteiger partial charge in [-0.05, 0) is 35.9 Å². The van der Waals surface area contributed by atoms with Gasteiger partial charge in [0.15, 0.2) is 0 Å². The number of anilines is 2. The lowest BCUT2D eigenvalue weighted by molar-refractivity contribution is 1.15. The van der Waals surface area contributed by atoms with E-state index in [4.69, 9.17) is 17.3 Å². The number of fused-ring (bicyclic) bond motifs is 1. The average molecular weight is 284 g/mol. The zero-order valence-electron chi connectivity index (χ0n) is 10.8. The number of benzene rings is 2. The van der Waals surface area contributed by atoms with Gasteiger partial charge in [-0.1, -0.05) is 23.7 Å². The molecule has 1 heterocycles. The molecule has 0 bridgehead atoms. The third-order valence-electron chi connectivity index (χ3n) is 3.22. The molecule has 0 aliphatic carbocycles. The molecule has 0 amide bonds. The van der Waals surface area contributed by atoms with E-state index in [0.717, 1.165) is 32.7 Å². The number of nitrogens with two attached hydrogens (primary N) is 1. The van der Waals surface area contributed by atoms with E-state index in [1.54, 1.807) is 12.4 Å². The van der Waals surface area contributed by atoms with E-state index in [1.807, 2.05) is 42.5 Å². The first-order chi connectivity index (χ1) is 9.74. The van der Waals surface area contributed by atoms with Crippen LogP contribution in [0.1, 0.15) is 5.56 Å². The summed E-state index contributed by atoms with van der Waals surface area (Å²) < 4.78 is 0. The van der Waals surface area contributed by atoms with Crippen LogP contribution in [0.4, 0.5) is 11.4 Å². The van der Waals surface area contributed by atoms with Crippen LogP contribution in [0.2, 0.25) is 5.02 Å². The van der Waals surface area contributed by atoms with Gasteiger partial charge in [-0.2, -0.15) is 0 Å². The van der Waals surface area contributed by atoms with Crippen LogP contribution >= 0.6 is 11.6 Å². The summed E-state index contributed by atoms with van der Waals surface area (Å²) in [6.45, 7) is 0.710. The summed E-state index contributed by atoms with van der Waals surface area (Å²) in [5.41, 5.74) is 8.88. The Balaban J connectivity index is 1.90.